The van der Waals surface area contributed by atoms with E-state index in [0.29, 0.717) is 35.6 Å². The molecule has 2 fully saturated rings. The predicted octanol–water partition coefficient (Wildman–Crippen LogP) is 4.91. The molecule has 4 heterocycles. The number of halogens is 2. The normalized spacial score (nSPS) is 24.7. The molecular weight excluding hydrogens is 537 g/mol. The first-order valence-electron chi connectivity index (χ1n) is 13.3. The molecule has 0 saturated carbocycles. The standard InChI is InChI=1S/C29H31ClFN5O4/c1-15(2)36-22-11-16(10-20(31)24(22)34-26(36)28(3,4)38)23-19(30)13-32-27(35-23)33-21-12-18-14-39-29(40-18,25(21)37)17-8-6-5-7-9-17/h5-11,13,15,18,21,25,37-38H,12,14H2,1-4H3,(H,32,33,35)/t18-,21+,25-,29+/m0/s1. The molecule has 0 spiro atoms. The summed E-state index contributed by atoms with van der Waals surface area (Å²) in [5.41, 5.74) is 0.880. The van der Waals surface area contributed by atoms with Crippen molar-refractivity contribution in [2.24, 2.45) is 0 Å². The number of anilines is 1. The lowest BCUT2D eigenvalue weighted by Crippen LogP contribution is -2.54. The Bertz CT molecular complexity index is 1570. The Morgan fingerprint density at radius 2 is 1.95 bits per heavy atom. The van der Waals surface area contributed by atoms with E-state index in [4.69, 9.17) is 21.1 Å². The second-order valence-corrected chi connectivity index (χ2v) is 11.6. The van der Waals surface area contributed by atoms with Crippen molar-refractivity contribution in [3.05, 3.63) is 70.9 Å². The topological polar surface area (TPSA) is 115 Å². The number of aromatic nitrogens is 4. The van der Waals surface area contributed by atoms with E-state index >= 15 is 4.39 Å². The second kappa shape index (κ2) is 9.74. The molecule has 4 aromatic rings. The van der Waals surface area contributed by atoms with Gasteiger partial charge in [-0.1, -0.05) is 41.9 Å². The number of aliphatic hydroxyl groups is 2. The highest BCUT2D eigenvalue weighted by Gasteiger charge is 2.56. The monoisotopic (exact) mass is 567 g/mol. The molecule has 2 saturated heterocycles. The fraction of sp³-hybridized carbons (Fsp3) is 0.414. The Morgan fingerprint density at radius 3 is 2.65 bits per heavy atom. The van der Waals surface area contributed by atoms with Crippen LogP contribution in [-0.2, 0) is 20.9 Å². The van der Waals surface area contributed by atoms with E-state index in [1.807, 2.05) is 48.7 Å². The van der Waals surface area contributed by atoms with E-state index in [1.54, 1.807) is 19.9 Å². The third-order valence-corrected chi connectivity index (χ3v) is 7.71. The maximum absolute atomic E-state index is 15.4. The molecule has 0 aliphatic carbocycles. The maximum Gasteiger partial charge on any atom is 0.224 e. The number of imidazole rings is 1. The first-order chi connectivity index (χ1) is 19.0. The summed E-state index contributed by atoms with van der Waals surface area (Å²) < 4.78 is 29.4. The molecule has 9 nitrogen and oxygen atoms in total. The van der Waals surface area contributed by atoms with Gasteiger partial charge < -0.3 is 29.6 Å². The number of benzene rings is 2. The van der Waals surface area contributed by atoms with Gasteiger partial charge in [-0.3, -0.25) is 0 Å². The van der Waals surface area contributed by atoms with Crippen LogP contribution >= 0.6 is 11.6 Å². The summed E-state index contributed by atoms with van der Waals surface area (Å²) in [6.45, 7) is 7.48. The van der Waals surface area contributed by atoms with Crippen LogP contribution in [0.4, 0.5) is 10.3 Å². The molecule has 2 aliphatic heterocycles. The van der Waals surface area contributed by atoms with Crippen LogP contribution in [0.3, 0.4) is 0 Å². The van der Waals surface area contributed by atoms with Gasteiger partial charge in [-0.2, -0.15) is 0 Å². The summed E-state index contributed by atoms with van der Waals surface area (Å²) in [7, 11) is 0. The van der Waals surface area contributed by atoms with E-state index in [1.165, 1.54) is 12.3 Å². The highest BCUT2D eigenvalue weighted by molar-refractivity contribution is 6.33. The zero-order chi connectivity index (χ0) is 28.4. The number of fused-ring (bicyclic) bond motifs is 3. The highest BCUT2D eigenvalue weighted by Crippen LogP contribution is 2.45. The zero-order valence-electron chi connectivity index (χ0n) is 22.6. The third-order valence-electron chi connectivity index (χ3n) is 7.43. The lowest BCUT2D eigenvalue weighted by molar-refractivity contribution is -0.257. The molecule has 2 aromatic carbocycles. The fourth-order valence-electron chi connectivity index (χ4n) is 5.66. The van der Waals surface area contributed by atoms with Crippen LogP contribution in [0, 0.1) is 5.82 Å². The average Bonchev–Trinajstić information content (AvgIpc) is 3.50. The average molecular weight is 568 g/mol. The number of aliphatic hydroxyl groups excluding tert-OH is 1. The fourth-order valence-corrected chi connectivity index (χ4v) is 5.86. The van der Waals surface area contributed by atoms with Crippen molar-refractivity contribution in [1.82, 2.24) is 19.5 Å². The minimum Gasteiger partial charge on any atom is -0.385 e. The molecule has 6 rings (SSSR count). The van der Waals surface area contributed by atoms with Gasteiger partial charge in [0.25, 0.3) is 0 Å². The van der Waals surface area contributed by atoms with Gasteiger partial charge >= 0.3 is 0 Å². The minimum absolute atomic E-state index is 0.0938. The van der Waals surface area contributed by atoms with E-state index in [-0.39, 0.29) is 28.6 Å². The van der Waals surface area contributed by atoms with Gasteiger partial charge in [-0.25, -0.2) is 19.3 Å². The number of nitrogens with zero attached hydrogens (tertiary/aromatic N) is 4. The maximum atomic E-state index is 15.4. The summed E-state index contributed by atoms with van der Waals surface area (Å²) in [5, 5.41) is 25.6. The minimum atomic E-state index is -1.29. The SMILES string of the molecule is CC(C)n1c(C(C)(C)O)nc2c(F)cc(-c3nc(N[C@@H]4C[C@H]5CO[C@](c6ccccc6)(O5)[C@H]4O)ncc3Cl)cc21. The lowest BCUT2D eigenvalue weighted by atomic mass is 9.90. The number of nitrogens with one attached hydrogen (secondary N) is 1. The third kappa shape index (κ3) is 4.44. The van der Waals surface area contributed by atoms with Gasteiger partial charge in [0.1, 0.15) is 23.0 Å². The van der Waals surface area contributed by atoms with Crippen molar-refractivity contribution in [2.75, 3.05) is 11.9 Å². The highest BCUT2D eigenvalue weighted by atomic mass is 35.5. The smallest absolute Gasteiger partial charge is 0.224 e. The Hall–Kier alpha value is -3.15. The number of hydrogen-bond donors (Lipinski definition) is 3. The summed E-state index contributed by atoms with van der Waals surface area (Å²) in [6, 6.07) is 11.9. The zero-order valence-corrected chi connectivity index (χ0v) is 23.4. The molecule has 11 heteroatoms. The van der Waals surface area contributed by atoms with Gasteiger partial charge in [-0.05, 0) is 46.2 Å². The van der Waals surface area contributed by atoms with Crippen molar-refractivity contribution in [3.63, 3.8) is 0 Å². The molecule has 3 N–H and O–H groups in total. The number of rotatable bonds is 6. The first-order valence-corrected chi connectivity index (χ1v) is 13.6. The van der Waals surface area contributed by atoms with E-state index in [2.05, 4.69) is 20.3 Å². The largest absolute Gasteiger partial charge is 0.385 e. The summed E-state index contributed by atoms with van der Waals surface area (Å²) in [4.78, 5) is 13.4. The predicted molar refractivity (Wildman–Crippen MR) is 148 cm³/mol. The molecular formula is C29H31ClFN5O4. The first kappa shape index (κ1) is 27.0. The van der Waals surface area contributed by atoms with E-state index in [0.717, 1.165) is 5.56 Å². The molecule has 0 unspecified atom stereocenters. The van der Waals surface area contributed by atoms with Crippen molar-refractivity contribution >= 4 is 28.6 Å². The van der Waals surface area contributed by atoms with Crippen LogP contribution in [0.1, 0.15) is 51.5 Å². The quantitative estimate of drug-likeness (QED) is 0.301. The van der Waals surface area contributed by atoms with Crippen LogP contribution in [-0.4, -0.2) is 54.6 Å². The Balaban J connectivity index is 1.37. The molecule has 4 atom stereocenters. The van der Waals surface area contributed by atoms with Gasteiger partial charge in [0, 0.05) is 17.2 Å². The van der Waals surface area contributed by atoms with Crippen molar-refractivity contribution in [1.29, 1.82) is 0 Å². The van der Waals surface area contributed by atoms with Gasteiger partial charge in [0.15, 0.2) is 5.82 Å². The van der Waals surface area contributed by atoms with Crippen LogP contribution in [0.15, 0.2) is 48.7 Å². The Morgan fingerprint density at radius 1 is 1.20 bits per heavy atom. The van der Waals surface area contributed by atoms with E-state index < -0.39 is 29.4 Å². The summed E-state index contributed by atoms with van der Waals surface area (Å²) in [5.74, 6) is -1.26. The lowest BCUT2D eigenvalue weighted by Gasteiger charge is -2.41. The van der Waals surface area contributed by atoms with Crippen LogP contribution < -0.4 is 5.32 Å². The summed E-state index contributed by atoms with van der Waals surface area (Å²) >= 11 is 6.52. The van der Waals surface area contributed by atoms with Gasteiger partial charge in [0.2, 0.25) is 11.7 Å². The molecule has 0 radical (unpaired) electrons. The van der Waals surface area contributed by atoms with Crippen LogP contribution in [0.2, 0.25) is 5.02 Å². The van der Waals surface area contributed by atoms with Crippen molar-refractivity contribution in [2.45, 2.75) is 69.8 Å². The van der Waals surface area contributed by atoms with Gasteiger partial charge in [0.05, 0.1) is 41.2 Å². The van der Waals surface area contributed by atoms with Gasteiger partial charge in [-0.15, -0.1) is 0 Å². The molecule has 2 aliphatic rings. The summed E-state index contributed by atoms with van der Waals surface area (Å²) in [6.07, 6.45) is 0.655. The Labute approximate surface area is 236 Å². The second-order valence-electron chi connectivity index (χ2n) is 11.2. The molecule has 0 amide bonds. The molecule has 2 bridgehead atoms. The molecule has 210 valence electrons. The van der Waals surface area contributed by atoms with Crippen LogP contribution in [0.25, 0.3) is 22.3 Å². The Kier molecular flexibility index (Phi) is 6.59. The van der Waals surface area contributed by atoms with Crippen molar-refractivity contribution in [3.8, 4) is 11.3 Å². The molecule has 40 heavy (non-hydrogen) atoms. The van der Waals surface area contributed by atoms with E-state index in [9.17, 15) is 10.2 Å². The van der Waals surface area contributed by atoms with Crippen molar-refractivity contribution < 1.29 is 24.1 Å². The number of hydrogen-bond acceptors (Lipinski definition) is 8. The number of ether oxygens (including phenoxy) is 2. The van der Waals surface area contributed by atoms with Crippen LogP contribution in [0.5, 0.6) is 0 Å². The molecule has 2 aromatic heterocycles.